The first kappa shape index (κ1) is 12.6. The maximum absolute atomic E-state index is 10.9. The summed E-state index contributed by atoms with van der Waals surface area (Å²) in [5.74, 6) is -1.04. The van der Waals surface area contributed by atoms with Crippen molar-refractivity contribution in [1.29, 1.82) is 0 Å². The summed E-state index contributed by atoms with van der Waals surface area (Å²) in [6, 6.07) is 12.2. The lowest BCUT2D eigenvalue weighted by molar-refractivity contribution is 0.0698. The van der Waals surface area contributed by atoms with Gasteiger partial charge in [-0.2, -0.15) is 0 Å². The maximum Gasteiger partial charge on any atom is 0.337 e. The van der Waals surface area contributed by atoms with E-state index in [1.54, 1.807) is 12.1 Å². The normalized spacial score (nSPS) is 10.8. The number of fused-ring (bicyclic) bond motifs is 1. The van der Waals surface area contributed by atoms with Crippen molar-refractivity contribution in [2.75, 3.05) is 5.73 Å². The molecule has 0 aliphatic rings. The quantitative estimate of drug-likeness (QED) is 0.718. The highest BCUT2D eigenvalue weighted by molar-refractivity contribution is 7.99. The van der Waals surface area contributed by atoms with Crippen LogP contribution >= 0.6 is 11.8 Å². The largest absolute Gasteiger partial charge is 0.478 e. The monoisotopic (exact) mass is 286 g/mol. The van der Waals surface area contributed by atoms with Crippen molar-refractivity contribution in [1.82, 2.24) is 4.98 Å². The predicted molar refractivity (Wildman–Crippen MR) is 75.9 cm³/mol. The Kier molecular flexibility index (Phi) is 3.08. The van der Waals surface area contributed by atoms with Crippen LogP contribution in [0.15, 0.2) is 57.0 Å². The van der Waals surface area contributed by atoms with Crippen LogP contribution in [0.5, 0.6) is 0 Å². The number of rotatable bonds is 3. The first-order valence-corrected chi connectivity index (χ1v) is 6.61. The Morgan fingerprint density at radius 3 is 2.75 bits per heavy atom. The fourth-order valence-electron chi connectivity index (χ4n) is 1.79. The molecule has 6 heteroatoms. The van der Waals surface area contributed by atoms with Crippen LogP contribution in [0.1, 0.15) is 10.4 Å². The first-order valence-electron chi connectivity index (χ1n) is 5.80. The fraction of sp³-hybridized carbons (Fsp3) is 0. The molecule has 2 aromatic carbocycles. The van der Waals surface area contributed by atoms with Gasteiger partial charge >= 0.3 is 5.97 Å². The van der Waals surface area contributed by atoms with Crippen LogP contribution in [0.2, 0.25) is 0 Å². The second kappa shape index (κ2) is 4.90. The van der Waals surface area contributed by atoms with Gasteiger partial charge in [-0.15, -0.1) is 0 Å². The van der Waals surface area contributed by atoms with Crippen LogP contribution in [-0.2, 0) is 0 Å². The lowest BCUT2D eigenvalue weighted by atomic mass is 10.2. The zero-order valence-electron chi connectivity index (χ0n) is 10.2. The Bertz CT molecular complexity index is 765. The van der Waals surface area contributed by atoms with E-state index in [0.29, 0.717) is 10.8 Å². The molecule has 0 fully saturated rings. The van der Waals surface area contributed by atoms with Gasteiger partial charge in [0.2, 0.25) is 0 Å². The molecule has 0 atom stereocenters. The van der Waals surface area contributed by atoms with Crippen LogP contribution in [-0.4, -0.2) is 16.1 Å². The molecular formula is C14H10N2O3S. The summed E-state index contributed by atoms with van der Waals surface area (Å²) in [6.07, 6.45) is 0. The molecular weight excluding hydrogens is 276 g/mol. The lowest BCUT2D eigenvalue weighted by Crippen LogP contribution is -2.01. The molecule has 0 bridgehead atoms. The molecule has 0 radical (unpaired) electrons. The van der Waals surface area contributed by atoms with Gasteiger partial charge in [-0.05, 0) is 42.1 Å². The fourth-order valence-corrected chi connectivity index (χ4v) is 2.59. The molecule has 0 aliphatic carbocycles. The molecule has 20 heavy (non-hydrogen) atoms. The van der Waals surface area contributed by atoms with E-state index in [-0.39, 0.29) is 11.3 Å². The van der Waals surface area contributed by atoms with Gasteiger partial charge in [0, 0.05) is 10.6 Å². The molecule has 0 amide bonds. The number of nitrogens with two attached hydrogens (primary N) is 1. The van der Waals surface area contributed by atoms with Crippen LogP contribution in [0.25, 0.3) is 11.1 Å². The molecule has 0 saturated carbocycles. The van der Waals surface area contributed by atoms with Crippen LogP contribution in [0, 0.1) is 0 Å². The van der Waals surface area contributed by atoms with Crippen molar-refractivity contribution in [3.05, 3.63) is 48.0 Å². The summed E-state index contributed by atoms with van der Waals surface area (Å²) in [6.45, 7) is 0. The lowest BCUT2D eigenvalue weighted by Gasteiger charge is -2.02. The molecule has 1 heterocycles. The van der Waals surface area contributed by atoms with E-state index in [4.69, 9.17) is 15.3 Å². The van der Waals surface area contributed by atoms with E-state index in [0.717, 1.165) is 10.4 Å². The Morgan fingerprint density at radius 1 is 1.25 bits per heavy atom. The summed E-state index contributed by atoms with van der Waals surface area (Å²) in [5.41, 5.74) is 7.51. The molecule has 0 unspecified atom stereocenters. The minimum absolute atomic E-state index is 0.0897. The Hall–Kier alpha value is -2.47. The van der Waals surface area contributed by atoms with E-state index < -0.39 is 5.97 Å². The standard InChI is InChI=1S/C14H10N2O3S/c15-10-7-8(5-6-9(10)13(17)18)20-14-16-11-3-1-2-4-12(11)19-14/h1-7H,15H2,(H,17,18). The minimum Gasteiger partial charge on any atom is -0.478 e. The summed E-state index contributed by atoms with van der Waals surface area (Å²) in [5, 5.41) is 9.42. The number of benzene rings is 2. The number of hydrogen-bond donors (Lipinski definition) is 2. The third kappa shape index (κ3) is 2.33. The van der Waals surface area contributed by atoms with Crippen LogP contribution < -0.4 is 5.73 Å². The Labute approximate surface area is 118 Å². The summed E-state index contributed by atoms with van der Waals surface area (Å²) in [4.78, 5) is 16.0. The second-order valence-electron chi connectivity index (χ2n) is 4.10. The van der Waals surface area contributed by atoms with Gasteiger partial charge in [-0.25, -0.2) is 9.78 Å². The minimum atomic E-state index is -1.04. The number of carbonyl (C=O) groups is 1. The molecule has 5 nitrogen and oxygen atoms in total. The number of aromatic carboxylic acids is 1. The van der Waals surface area contributed by atoms with Crippen molar-refractivity contribution in [3.63, 3.8) is 0 Å². The van der Waals surface area contributed by atoms with E-state index >= 15 is 0 Å². The number of hydrogen-bond acceptors (Lipinski definition) is 5. The van der Waals surface area contributed by atoms with Gasteiger partial charge in [0.05, 0.1) is 5.56 Å². The zero-order valence-corrected chi connectivity index (χ0v) is 11.1. The molecule has 0 aliphatic heterocycles. The van der Waals surface area contributed by atoms with E-state index in [1.165, 1.54) is 17.8 Å². The Morgan fingerprint density at radius 2 is 2.05 bits per heavy atom. The smallest absolute Gasteiger partial charge is 0.337 e. The molecule has 3 aromatic rings. The molecule has 100 valence electrons. The van der Waals surface area contributed by atoms with Crippen LogP contribution in [0.3, 0.4) is 0 Å². The second-order valence-corrected chi connectivity index (χ2v) is 5.13. The van der Waals surface area contributed by atoms with Crippen molar-refractivity contribution >= 4 is 34.5 Å². The third-order valence-electron chi connectivity index (χ3n) is 2.73. The highest BCUT2D eigenvalue weighted by atomic mass is 32.2. The number of para-hydroxylation sites is 2. The SMILES string of the molecule is Nc1cc(Sc2nc3ccccc3o2)ccc1C(=O)O. The van der Waals surface area contributed by atoms with Gasteiger partial charge in [0.15, 0.2) is 5.58 Å². The number of anilines is 1. The number of aromatic nitrogens is 1. The Balaban J connectivity index is 1.90. The number of nitrogens with zero attached hydrogens (tertiary/aromatic N) is 1. The van der Waals surface area contributed by atoms with E-state index in [2.05, 4.69) is 4.98 Å². The molecule has 0 spiro atoms. The summed E-state index contributed by atoms with van der Waals surface area (Å²) >= 11 is 1.30. The number of carboxylic acid groups (broad SMARTS) is 1. The van der Waals surface area contributed by atoms with Gasteiger partial charge in [-0.1, -0.05) is 12.1 Å². The van der Waals surface area contributed by atoms with Crippen molar-refractivity contribution in [2.24, 2.45) is 0 Å². The van der Waals surface area contributed by atoms with E-state index in [9.17, 15) is 4.79 Å². The average molecular weight is 286 g/mol. The first-order chi connectivity index (χ1) is 9.63. The van der Waals surface area contributed by atoms with Gasteiger partial charge in [-0.3, -0.25) is 0 Å². The van der Waals surface area contributed by atoms with Gasteiger partial charge < -0.3 is 15.3 Å². The number of carboxylic acids is 1. The molecule has 3 rings (SSSR count). The third-order valence-corrected chi connectivity index (χ3v) is 3.57. The highest BCUT2D eigenvalue weighted by Gasteiger charge is 2.11. The topological polar surface area (TPSA) is 89.4 Å². The summed E-state index contributed by atoms with van der Waals surface area (Å²) in [7, 11) is 0. The van der Waals surface area contributed by atoms with Crippen molar-refractivity contribution < 1.29 is 14.3 Å². The van der Waals surface area contributed by atoms with Crippen molar-refractivity contribution in [2.45, 2.75) is 10.1 Å². The number of nitrogen functional groups attached to an aromatic ring is 1. The van der Waals surface area contributed by atoms with Crippen molar-refractivity contribution in [3.8, 4) is 0 Å². The van der Waals surface area contributed by atoms with Gasteiger partial charge in [0.25, 0.3) is 5.22 Å². The maximum atomic E-state index is 10.9. The molecule has 1 aromatic heterocycles. The number of oxazole rings is 1. The predicted octanol–water partition coefficient (Wildman–Crippen LogP) is 3.26. The molecule has 3 N–H and O–H groups in total. The van der Waals surface area contributed by atoms with Gasteiger partial charge in [0.1, 0.15) is 5.52 Å². The zero-order chi connectivity index (χ0) is 14.1. The molecule has 0 saturated heterocycles. The average Bonchev–Trinajstić information content (AvgIpc) is 2.80. The van der Waals surface area contributed by atoms with Crippen LogP contribution in [0.4, 0.5) is 5.69 Å². The highest BCUT2D eigenvalue weighted by Crippen LogP contribution is 2.31. The summed E-state index contributed by atoms with van der Waals surface area (Å²) < 4.78 is 5.58. The van der Waals surface area contributed by atoms with E-state index in [1.807, 2.05) is 24.3 Å².